The number of carbonyl (C=O) groups excluding carboxylic acids is 2. The van der Waals surface area contributed by atoms with E-state index in [1.165, 1.54) is 6.07 Å². The quantitative estimate of drug-likeness (QED) is 0.520. The first-order valence-corrected chi connectivity index (χ1v) is 10.1. The van der Waals surface area contributed by atoms with Crippen molar-refractivity contribution in [1.29, 1.82) is 0 Å². The molecule has 2 N–H and O–H groups in total. The lowest BCUT2D eigenvalue weighted by molar-refractivity contribution is -0.384. The van der Waals surface area contributed by atoms with Crippen molar-refractivity contribution in [2.24, 2.45) is 0 Å². The van der Waals surface area contributed by atoms with Crippen LogP contribution in [0.5, 0.6) is 5.75 Å². The maximum absolute atomic E-state index is 12.8. The summed E-state index contributed by atoms with van der Waals surface area (Å²) in [5.41, 5.74) is 2.29. The Morgan fingerprint density at radius 1 is 1.23 bits per heavy atom. The second-order valence-electron chi connectivity index (χ2n) is 7.50. The Balaban J connectivity index is 1.79. The van der Waals surface area contributed by atoms with Gasteiger partial charge in [-0.25, -0.2) is 0 Å². The van der Waals surface area contributed by atoms with Crippen LogP contribution in [0.25, 0.3) is 0 Å². The Kier molecular flexibility index (Phi) is 6.74. The fourth-order valence-electron chi connectivity index (χ4n) is 3.37. The monoisotopic (exact) mass is 426 g/mol. The van der Waals surface area contributed by atoms with E-state index in [9.17, 15) is 19.7 Å². The number of rotatable bonds is 7. The number of fused-ring (bicyclic) bond motifs is 1. The number of hydrogen-bond acceptors (Lipinski definition) is 6. The number of nitrogens with zero attached hydrogens (tertiary/aromatic N) is 2. The molecule has 2 amide bonds. The summed E-state index contributed by atoms with van der Waals surface area (Å²) in [7, 11) is 0. The van der Waals surface area contributed by atoms with Crippen molar-refractivity contribution < 1.29 is 19.2 Å². The van der Waals surface area contributed by atoms with E-state index in [0.717, 1.165) is 17.5 Å². The summed E-state index contributed by atoms with van der Waals surface area (Å²) in [5, 5.41) is 16.9. The number of para-hydroxylation sites is 2. The van der Waals surface area contributed by atoms with Crippen LogP contribution in [0.1, 0.15) is 24.5 Å². The van der Waals surface area contributed by atoms with Crippen molar-refractivity contribution in [1.82, 2.24) is 5.32 Å². The summed E-state index contributed by atoms with van der Waals surface area (Å²) in [6.45, 7) is 6.21. The lowest BCUT2D eigenvalue weighted by Gasteiger charge is -2.35. The van der Waals surface area contributed by atoms with Gasteiger partial charge in [-0.3, -0.25) is 19.7 Å². The van der Waals surface area contributed by atoms with Gasteiger partial charge in [0.05, 0.1) is 23.7 Å². The molecule has 164 valence electrons. The molecule has 2 aromatic rings. The van der Waals surface area contributed by atoms with E-state index in [1.807, 2.05) is 19.9 Å². The molecular formula is C22H26N4O5. The summed E-state index contributed by atoms with van der Waals surface area (Å²) in [4.78, 5) is 37.9. The molecule has 0 spiro atoms. The molecule has 2 aromatic carbocycles. The molecule has 0 saturated heterocycles. The van der Waals surface area contributed by atoms with Gasteiger partial charge in [-0.05, 0) is 49.6 Å². The van der Waals surface area contributed by atoms with Crippen LogP contribution in [0.3, 0.4) is 0 Å². The molecule has 1 heterocycles. The second kappa shape index (κ2) is 9.46. The first-order chi connectivity index (χ1) is 14.8. The number of nitro benzene ring substituents is 1. The Morgan fingerprint density at radius 3 is 2.65 bits per heavy atom. The second-order valence-corrected chi connectivity index (χ2v) is 7.50. The zero-order valence-corrected chi connectivity index (χ0v) is 17.8. The van der Waals surface area contributed by atoms with Crippen molar-refractivity contribution in [3.8, 4) is 5.75 Å². The fourth-order valence-corrected chi connectivity index (χ4v) is 3.37. The number of hydrogen-bond donors (Lipinski definition) is 2. The smallest absolute Gasteiger partial charge is 0.293 e. The van der Waals surface area contributed by atoms with Gasteiger partial charge in [0.2, 0.25) is 5.91 Å². The van der Waals surface area contributed by atoms with Crippen LogP contribution in [0.4, 0.5) is 17.1 Å². The lowest BCUT2D eigenvalue weighted by atomic mass is 10.1. The van der Waals surface area contributed by atoms with E-state index in [4.69, 9.17) is 4.74 Å². The summed E-state index contributed by atoms with van der Waals surface area (Å²) in [6, 6.07) is 10.2. The zero-order chi connectivity index (χ0) is 22.5. The number of nitro groups is 1. The molecule has 1 aliphatic rings. The minimum absolute atomic E-state index is 0.0813. The molecule has 0 fully saturated rings. The molecule has 0 aromatic heterocycles. The average molecular weight is 426 g/mol. The van der Waals surface area contributed by atoms with Crippen molar-refractivity contribution in [2.75, 3.05) is 29.9 Å². The highest BCUT2D eigenvalue weighted by Crippen LogP contribution is 2.33. The highest BCUT2D eigenvalue weighted by Gasteiger charge is 2.31. The van der Waals surface area contributed by atoms with Gasteiger partial charge in [-0.1, -0.05) is 19.1 Å². The van der Waals surface area contributed by atoms with Crippen LogP contribution < -0.4 is 20.3 Å². The van der Waals surface area contributed by atoms with Crippen LogP contribution >= 0.6 is 0 Å². The Morgan fingerprint density at radius 2 is 1.94 bits per heavy atom. The number of amides is 2. The number of carbonyl (C=O) groups is 2. The number of benzene rings is 2. The van der Waals surface area contributed by atoms with Crippen LogP contribution in [-0.2, 0) is 9.59 Å². The largest absolute Gasteiger partial charge is 0.477 e. The Labute approximate surface area is 180 Å². The molecular weight excluding hydrogens is 400 g/mol. The lowest BCUT2D eigenvalue weighted by Crippen LogP contribution is -2.50. The standard InChI is InChI=1S/C22H26N4O5/c1-4-9-23-22(28)20-12-25(17-7-5-6-8-19(17)31-20)13-21(27)24-16-10-14(2)15(3)11-18(16)26(29)30/h5-8,10-11,20H,4,9,12-13H2,1-3H3,(H,23,28)(H,24,27)/t20-/m1/s1. The molecule has 9 heteroatoms. The summed E-state index contributed by atoms with van der Waals surface area (Å²) in [5.74, 6) is -0.155. The van der Waals surface area contributed by atoms with Crippen molar-refractivity contribution >= 4 is 28.9 Å². The molecule has 1 atom stereocenters. The van der Waals surface area contributed by atoms with Crippen LogP contribution in [-0.4, -0.2) is 42.5 Å². The van der Waals surface area contributed by atoms with Crippen molar-refractivity contribution in [3.05, 3.63) is 57.6 Å². The molecule has 0 radical (unpaired) electrons. The zero-order valence-electron chi connectivity index (χ0n) is 17.8. The SMILES string of the molecule is CCCNC(=O)[C@H]1CN(CC(=O)Nc2cc(C)c(C)cc2[N+](=O)[O-])c2ccccc2O1. The number of anilines is 2. The van der Waals surface area contributed by atoms with Crippen molar-refractivity contribution in [2.45, 2.75) is 33.3 Å². The number of nitrogens with one attached hydrogen (secondary N) is 2. The molecule has 9 nitrogen and oxygen atoms in total. The number of ether oxygens (including phenoxy) is 1. The van der Waals surface area contributed by atoms with Gasteiger partial charge in [-0.2, -0.15) is 0 Å². The van der Waals surface area contributed by atoms with Gasteiger partial charge < -0.3 is 20.3 Å². The van der Waals surface area contributed by atoms with Gasteiger partial charge in [-0.15, -0.1) is 0 Å². The van der Waals surface area contributed by atoms with E-state index < -0.39 is 16.9 Å². The average Bonchev–Trinajstić information content (AvgIpc) is 2.74. The summed E-state index contributed by atoms with van der Waals surface area (Å²) >= 11 is 0. The Hall–Kier alpha value is -3.62. The summed E-state index contributed by atoms with van der Waals surface area (Å²) in [6.07, 6.45) is 0.0424. The molecule has 3 rings (SSSR count). The predicted octanol–water partition coefficient (Wildman–Crippen LogP) is 2.94. The maximum atomic E-state index is 12.8. The van der Waals surface area contributed by atoms with E-state index in [0.29, 0.717) is 18.0 Å². The molecule has 0 bridgehead atoms. The van der Waals surface area contributed by atoms with Crippen molar-refractivity contribution in [3.63, 3.8) is 0 Å². The van der Waals surface area contributed by atoms with Gasteiger partial charge in [0.15, 0.2) is 6.10 Å². The summed E-state index contributed by atoms with van der Waals surface area (Å²) < 4.78 is 5.83. The van der Waals surface area contributed by atoms with E-state index >= 15 is 0 Å². The molecule has 0 saturated carbocycles. The minimum atomic E-state index is -0.759. The fraction of sp³-hybridized carbons (Fsp3) is 0.364. The molecule has 31 heavy (non-hydrogen) atoms. The third kappa shape index (κ3) is 5.11. The highest BCUT2D eigenvalue weighted by molar-refractivity contribution is 5.97. The topological polar surface area (TPSA) is 114 Å². The number of aryl methyl sites for hydroxylation is 2. The van der Waals surface area contributed by atoms with E-state index in [-0.39, 0.29) is 30.4 Å². The highest BCUT2D eigenvalue weighted by atomic mass is 16.6. The van der Waals surface area contributed by atoms with E-state index in [1.54, 1.807) is 36.1 Å². The molecule has 0 unspecified atom stereocenters. The van der Waals surface area contributed by atoms with Crippen LogP contribution in [0.15, 0.2) is 36.4 Å². The van der Waals surface area contributed by atoms with Gasteiger partial charge in [0.1, 0.15) is 11.4 Å². The third-order valence-electron chi connectivity index (χ3n) is 5.12. The van der Waals surface area contributed by atoms with Crippen LogP contribution in [0.2, 0.25) is 0 Å². The molecule has 1 aliphatic heterocycles. The van der Waals surface area contributed by atoms with Gasteiger partial charge >= 0.3 is 0 Å². The van der Waals surface area contributed by atoms with E-state index in [2.05, 4.69) is 10.6 Å². The first kappa shape index (κ1) is 22.1. The Bertz CT molecular complexity index is 1010. The van der Waals surface area contributed by atoms with Gasteiger partial charge in [0.25, 0.3) is 11.6 Å². The maximum Gasteiger partial charge on any atom is 0.293 e. The first-order valence-electron chi connectivity index (χ1n) is 10.1. The predicted molar refractivity (Wildman–Crippen MR) is 118 cm³/mol. The normalized spacial score (nSPS) is 14.9. The molecule has 0 aliphatic carbocycles. The van der Waals surface area contributed by atoms with Crippen LogP contribution in [0, 0.1) is 24.0 Å². The van der Waals surface area contributed by atoms with Gasteiger partial charge in [0, 0.05) is 12.6 Å². The third-order valence-corrected chi connectivity index (χ3v) is 5.12. The minimum Gasteiger partial charge on any atom is -0.477 e.